The highest BCUT2D eigenvalue weighted by molar-refractivity contribution is 4.77. The SMILES string of the molecule is OC(O)C1CCC(CC2CCCCC2)CC1. The van der Waals surface area contributed by atoms with Gasteiger partial charge in [-0.1, -0.05) is 32.1 Å². The van der Waals surface area contributed by atoms with Crippen LogP contribution in [0.25, 0.3) is 0 Å². The van der Waals surface area contributed by atoms with Crippen molar-refractivity contribution in [3.63, 3.8) is 0 Å². The molecule has 2 rings (SSSR count). The van der Waals surface area contributed by atoms with E-state index in [2.05, 4.69) is 0 Å². The second-order valence-corrected chi connectivity index (χ2v) is 5.93. The minimum Gasteiger partial charge on any atom is -0.368 e. The first-order valence-corrected chi connectivity index (χ1v) is 7.12. The molecule has 0 bridgehead atoms. The summed E-state index contributed by atoms with van der Waals surface area (Å²) < 4.78 is 0. The monoisotopic (exact) mass is 226 g/mol. The Morgan fingerprint density at radius 3 is 1.88 bits per heavy atom. The maximum atomic E-state index is 9.14. The summed E-state index contributed by atoms with van der Waals surface area (Å²) in [5.41, 5.74) is 0. The van der Waals surface area contributed by atoms with Crippen molar-refractivity contribution in [3.05, 3.63) is 0 Å². The molecule has 0 atom stereocenters. The zero-order chi connectivity index (χ0) is 11.4. The first-order valence-electron chi connectivity index (χ1n) is 7.12. The van der Waals surface area contributed by atoms with E-state index in [0.29, 0.717) is 0 Å². The second-order valence-electron chi connectivity index (χ2n) is 5.93. The van der Waals surface area contributed by atoms with Gasteiger partial charge in [0.2, 0.25) is 0 Å². The predicted molar refractivity (Wildman–Crippen MR) is 64.9 cm³/mol. The highest BCUT2D eigenvalue weighted by Crippen LogP contribution is 2.37. The van der Waals surface area contributed by atoms with Gasteiger partial charge in [0.1, 0.15) is 0 Å². The minimum atomic E-state index is -1.07. The average Bonchev–Trinajstić information content (AvgIpc) is 2.31. The van der Waals surface area contributed by atoms with Gasteiger partial charge in [-0.15, -0.1) is 0 Å². The van der Waals surface area contributed by atoms with Crippen LogP contribution in [0, 0.1) is 17.8 Å². The number of hydrogen-bond donors (Lipinski definition) is 2. The molecular formula is C14H26O2. The lowest BCUT2D eigenvalue weighted by Gasteiger charge is -2.32. The molecule has 0 saturated heterocycles. The number of hydrogen-bond acceptors (Lipinski definition) is 2. The molecule has 2 aliphatic carbocycles. The smallest absolute Gasteiger partial charge is 0.154 e. The Balaban J connectivity index is 1.68. The van der Waals surface area contributed by atoms with E-state index in [9.17, 15) is 0 Å². The van der Waals surface area contributed by atoms with Gasteiger partial charge < -0.3 is 10.2 Å². The lowest BCUT2D eigenvalue weighted by Crippen LogP contribution is -2.26. The van der Waals surface area contributed by atoms with Gasteiger partial charge >= 0.3 is 0 Å². The van der Waals surface area contributed by atoms with Crippen LogP contribution in [0.1, 0.15) is 64.2 Å². The Hall–Kier alpha value is -0.0800. The van der Waals surface area contributed by atoms with Crippen molar-refractivity contribution in [1.29, 1.82) is 0 Å². The fourth-order valence-corrected chi connectivity index (χ4v) is 3.62. The van der Waals surface area contributed by atoms with Gasteiger partial charge in [0, 0.05) is 5.92 Å². The van der Waals surface area contributed by atoms with Gasteiger partial charge in [0.15, 0.2) is 6.29 Å². The lowest BCUT2D eigenvalue weighted by atomic mass is 9.75. The van der Waals surface area contributed by atoms with E-state index in [1.165, 1.54) is 51.4 Å². The van der Waals surface area contributed by atoms with Crippen LogP contribution in [0.2, 0.25) is 0 Å². The quantitative estimate of drug-likeness (QED) is 0.726. The van der Waals surface area contributed by atoms with Gasteiger partial charge in [-0.3, -0.25) is 0 Å². The number of rotatable bonds is 3. The first kappa shape index (κ1) is 12.4. The van der Waals surface area contributed by atoms with E-state index < -0.39 is 6.29 Å². The van der Waals surface area contributed by atoms with Crippen molar-refractivity contribution in [2.75, 3.05) is 0 Å². The maximum absolute atomic E-state index is 9.14. The summed E-state index contributed by atoms with van der Waals surface area (Å²) in [4.78, 5) is 0. The molecule has 94 valence electrons. The maximum Gasteiger partial charge on any atom is 0.154 e. The third-order valence-electron chi connectivity index (χ3n) is 4.70. The first-order chi connectivity index (χ1) is 7.75. The Labute approximate surface area is 99.1 Å². The second kappa shape index (κ2) is 6.02. The Morgan fingerprint density at radius 2 is 1.31 bits per heavy atom. The highest BCUT2D eigenvalue weighted by Gasteiger charge is 2.27. The van der Waals surface area contributed by atoms with Crippen LogP contribution >= 0.6 is 0 Å². The molecule has 0 radical (unpaired) electrons. The van der Waals surface area contributed by atoms with E-state index in [1.54, 1.807) is 0 Å². The fraction of sp³-hybridized carbons (Fsp3) is 1.00. The topological polar surface area (TPSA) is 40.5 Å². The van der Waals surface area contributed by atoms with Crippen molar-refractivity contribution >= 4 is 0 Å². The molecule has 0 unspecified atom stereocenters. The minimum absolute atomic E-state index is 0.155. The summed E-state index contributed by atoms with van der Waals surface area (Å²) in [6.07, 6.45) is 12.0. The normalized spacial score (nSPS) is 33.2. The molecule has 0 heterocycles. The van der Waals surface area contributed by atoms with E-state index >= 15 is 0 Å². The fourth-order valence-electron chi connectivity index (χ4n) is 3.62. The van der Waals surface area contributed by atoms with E-state index in [1.807, 2.05) is 0 Å². The molecular weight excluding hydrogens is 200 g/mol. The summed E-state index contributed by atoms with van der Waals surface area (Å²) in [7, 11) is 0. The van der Waals surface area contributed by atoms with Crippen LogP contribution in [0.4, 0.5) is 0 Å². The van der Waals surface area contributed by atoms with Crippen molar-refractivity contribution in [2.24, 2.45) is 17.8 Å². The zero-order valence-corrected chi connectivity index (χ0v) is 10.3. The third kappa shape index (κ3) is 3.46. The zero-order valence-electron chi connectivity index (χ0n) is 10.3. The molecule has 2 N–H and O–H groups in total. The molecule has 0 amide bonds. The summed E-state index contributed by atoms with van der Waals surface area (Å²) in [5, 5.41) is 18.3. The molecule has 2 fully saturated rings. The third-order valence-corrected chi connectivity index (χ3v) is 4.70. The summed E-state index contributed by atoms with van der Waals surface area (Å²) in [6.45, 7) is 0. The molecule has 2 aliphatic rings. The number of aliphatic hydroxyl groups is 2. The van der Waals surface area contributed by atoms with Crippen LogP contribution in [-0.2, 0) is 0 Å². The van der Waals surface area contributed by atoms with Gasteiger partial charge in [-0.05, 0) is 43.9 Å². The molecule has 2 saturated carbocycles. The van der Waals surface area contributed by atoms with E-state index in [0.717, 1.165) is 24.7 Å². The summed E-state index contributed by atoms with van der Waals surface area (Å²) in [5.74, 6) is 2.01. The Kier molecular flexibility index (Phi) is 4.66. The molecule has 0 aromatic rings. The highest BCUT2D eigenvalue weighted by atomic mass is 16.5. The molecule has 2 nitrogen and oxygen atoms in total. The molecule has 0 spiro atoms. The van der Waals surface area contributed by atoms with Crippen molar-refractivity contribution in [2.45, 2.75) is 70.5 Å². The Morgan fingerprint density at radius 1 is 0.750 bits per heavy atom. The molecule has 16 heavy (non-hydrogen) atoms. The van der Waals surface area contributed by atoms with Crippen LogP contribution in [0.3, 0.4) is 0 Å². The molecule has 2 heteroatoms. The van der Waals surface area contributed by atoms with Crippen molar-refractivity contribution in [1.82, 2.24) is 0 Å². The summed E-state index contributed by atoms with van der Waals surface area (Å²) >= 11 is 0. The average molecular weight is 226 g/mol. The molecule has 0 aromatic heterocycles. The van der Waals surface area contributed by atoms with Crippen LogP contribution in [-0.4, -0.2) is 16.5 Å². The summed E-state index contributed by atoms with van der Waals surface area (Å²) in [6, 6.07) is 0. The van der Waals surface area contributed by atoms with Gasteiger partial charge in [0.05, 0.1) is 0 Å². The molecule has 0 aliphatic heterocycles. The van der Waals surface area contributed by atoms with Crippen molar-refractivity contribution in [3.8, 4) is 0 Å². The van der Waals surface area contributed by atoms with Gasteiger partial charge in [-0.2, -0.15) is 0 Å². The standard InChI is InChI=1S/C14H26O2/c15-14(16)13-8-6-12(7-9-13)10-11-4-2-1-3-5-11/h11-16H,1-10H2. The van der Waals surface area contributed by atoms with Gasteiger partial charge in [0.25, 0.3) is 0 Å². The predicted octanol–water partition coefficient (Wildman–Crippen LogP) is 3.07. The van der Waals surface area contributed by atoms with Crippen LogP contribution in [0.15, 0.2) is 0 Å². The number of aliphatic hydroxyl groups excluding tert-OH is 1. The molecule has 0 aromatic carbocycles. The Bertz CT molecular complexity index is 189. The largest absolute Gasteiger partial charge is 0.368 e. The van der Waals surface area contributed by atoms with Crippen LogP contribution < -0.4 is 0 Å². The van der Waals surface area contributed by atoms with E-state index in [4.69, 9.17) is 10.2 Å². The lowest BCUT2D eigenvalue weighted by molar-refractivity contribution is -0.0963. The van der Waals surface area contributed by atoms with Crippen LogP contribution in [0.5, 0.6) is 0 Å². The van der Waals surface area contributed by atoms with Gasteiger partial charge in [-0.25, -0.2) is 0 Å². The van der Waals surface area contributed by atoms with E-state index in [-0.39, 0.29) is 5.92 Å². The van der Waals surface area contributed by atoms with Crippen molar-refractivity contribution < 1.29 is 10.2 Å².